The molecule has 1 aromatic rings. The fourth-order valence-electron chi connectivity index (χ4n) is 1.08. The van der Waals surface area contributed by atoms with Gasteiger partial charge in [0.2, 0.25) is 0 Å². The maximum Gasteiger partial charge on any atom is 0.170 e. The van der Waals surface area contributed by atoms with Crippen molar-refractivity contribution in [2.75, 3.05) is 7.11 Å². The molecule has 0 fully saturated rings. The molecule has 0 aliphatic rings. The molecule has 0 aromatic heterocycles. The third-order valence-corrected chi connectivity index (χ3v) is 1.93. The molecule has 0 heterocycles. The van der Waals surface area contributed by atoms with Crippen LogP contribution in [-0.4, -0.2) is 12.9 Å². The van der Waals surface area contributed by atoms with Gasteiger partial charge in [0.15, 0.2) is 5.78 Å². The zero-order valence-electron chi connectivity index (χ0n) is 8.65. The van der Waals surface area contributed by atoms with Crippen LogP contribution < -0.4 is 4.74 Å². The Kier molecular flexibility index (Phi) is 3.64. The molecule has 0 spiro atoms. The number of carbonyl (C=O) groups excluding carboxylic acids is 1. The van der Waals surface area contributed by atoms with Crippen molar-refractivity contribution in [3.63, 3.8) is 0 Å². The Hall–Kier alpha value is -2.08. The summed E-state index contributed by atoms with van der Waals surface area (Å²) in [7, 11) is 1.58. The molecule has 15 heavy (non-hydrogen) atoms. The summed E-state index contributed by atoms with van der Waals surface area (Å²) < 4.78 is 5.00. The van der Waals surface area contributed by atoms with Crippen LogP contribution in [0.1, 0.15) is 12.5 Å². The van der Waals surface area contributed by atoms with E-state index in [9.17, 15) is 4.79 Å². The SMILES string of the molecule is COc1ccc(/C=C(\C#N)C(C)=O)cc1. The van der Waals surface area contributed by atoms with Gasteiger partial charge in [-0.3, -0.25) is 4.79 Å². The molecule has 0 N–H and O–H groups in total. The van der Waals surface area contributed by atoms with Gasteiger partial charge in [0, 0.05) is 0 Å². The Labute approximate surface area is 88.6 Å². The van der Waals surface area contributed by atoms with E-state index < -0.39 is 0 Å². The van der Waals surface area contributed by atoms with Crippen molar-refractivity contribution in [1.82, 2.24) is 0 Å². The molecule has 0 amide bonds. The van der Waals surface area contributed by atoms with E-state index in [0.717, 1.165) is 11.3 Å². The Bertz CT molecular complexity index is 424. The standard InChI is InChI=1S/C12H11NO2/c1-9(14)11(8-13)7-10-3-5-12(15-2)6-4-10/h3-7H,1-2H3/b11-7+. The molecule has 76 valence electrons. The average molecular weight is 201 g/mol. The lowest BCUT2D eigenvalue weighted by Crippen LogP contribution is -1.92. The minimum Gasteiger partial charge on any atom is -0.497 e. The van der Waals surface area contributed by atoms with Gasteiger partial charge in [-0.15, -0.1) is 0 Å². The topological polar surface area (TPSA) is 50.1 Å². The molecule has 3 nitrogen and oxygen atoms in total. The van der Waals surface area contributed by atoms with E-state index in [1.54, 1.807) is 37.5 Å². The van der Waals surface area contributed by atoms with Crippen LogP contribution in [0.25, 0.3) is 6.08 Å². The van der Waals surface area contributed by atoms with E-state index in [1.807, 2.05) is 6.07 Å². The molecule has 0 bridgehead atoms. The molecule has 0 saturated carbocycles. The number of carbonyl (C=O) groups is 1. The van der Waals surface area contributed by atoms with E-state index in [2.05, 4.69) is 0 Å². The molecular formula is C12H11NO2. The first-order valence-electron chi connectivity index (χ1n) is 4.44. The number of methoxy groups -OCH3 is 1. The van der Waals surface area contributed by atoms with Crippen LogP contribution in [0.15, 0.2) is 29.8 Å². The van der Waals surface area contributed by atoms with Crippen molar-refractivity contribution < 1.29 is 9.53 Å². The summed E-state index contributed by atoms with van der Waals surface area (Å²) in [6.07, 6.45) is 1.56. The van der Waals surface area contributed by atoms with Crippen LogP contribution in [-0.2, 0) is 4.79 Å². The highest BCUT2D eigenvalue weighted by atomic mass is 16.5. The predicted octanol–water partition coefficient (Wildman–Crippen LogP) is 2.19. The number of nitriles is 1. The lowest BCUT2D eigenvalue weighted by Gasteiger charge is -1.99. The Morgan fingerprint density at radius 3 is 2.40 bits per heavy atom. The fraction of sp³-hybridized carbons (Fsp3) is 0.167. The minimum atomic E-state index is -0.228. The molecule has 0 unspecified atom stereocenters. The summed E-state index contributed by atoms with van der Waals surface area (Å²) in [5.41, 5.74) is 0.961. The minimum absolute atomic E-state index is 0.153. The van der Waals surface area contributed by atoms with Crippen molar-refractivity contribution in [2.45, 2.75) is 6.92 Å². The highest BCUT2D eigenvalue weighted by Crippen LogP contribution is 2.13. The summed E-state index contributed by atoms with van der Waals surface area (Å²) in [6, 6.07) is 9.00. The molecule has 0 saturated heterocycles. The first-order valence-corrected chi connectivity index (χ1v) is 4.44. The number of allylic oxidation sites excluding steroid dienone is 1. The van der Waals surface area contributed by atoms with E-state index in [4.69, 9.17) is 10.00 Å². The second-order valence-electron chi connectivity index (χ2n) is 3.00. The molecule has 0 aliphatic carbocycles. The summed E-state index contributed by atoms with van der Waals surface area (Å²) in [5, 5.41) is 8.69. The van der Waals surface area contributed by atoms with Crippen LogP contribution in [0.3, 0.4) is 0 Å². The molecular weight excluding hydrogens is 190 g/mol. The van der Waals surface area contributed by atoms with E-state index in [-0.39, 0.29) is 11.4 Å². The number of ketones is 1. The number of hydrogen-bond donors (Lipinski definition) is 0. The number of Topliss-reactive ketones (excluding diaryl/α,β-unsaturated/α-hetero) is 1. The maximum absolute atomic E-state index is 11.0. The second-order valence-corrected chi connectivity index (χ2v) is 3.00. The molecule has 3 heteroatoms. The Balaban J connectivity index is 2.98. The van der Waals surface area contributed by atoms with E-state index >= 15 is 0 Å². The Morgan fingerprint density at radius 1 is 1.40 bits per heavy atom. The van der Waals surface area contributed by atoms with Gasteiger partial charge in [-0.05, 0) is 30.7 Å². The lowest BCUT2D eigenvalue weighted by molar-refractivity contribution is -0.113. The zero-order valence-corrected chi connectivity index (χ0v) is 8.65. The fourth-order valence-corrected chi connectivity index (χ4v) is 1.08. The van der Waals surface area contributed by atoms with Crippen LogP contribution >= 0.6 is 0 Å². The van der Waals surface area contributed by atoms with E-state index in [0.29, 0.717) is 0 Å². The van der Waals surface area contributed by atoms with Crippen LogP contribution in [0.5, 0.6) is 5.75 Å². The lowest BCUT2D eigenvalue weighted by atomic mass is 10.1. The molecule has 1 aromatic carbocycles. The molecule has 0 radical (unpaired) electrons. The third kappa shape index (κ3) is 2.96. The van der Waals surface area contributed by atoms with Crippen molar-refractivity contribution >= 4 is 11.9 Å². The van der Waals surface area contributed by atoms with Gasteiger partial charge >= 0.3 is 0 Å². The summed E-state index contributed by atoms with van der Waals surface area (Å²) in [5.74, 6) is 0.516. The summed E-state index contributed by atoms with van der Waals surface area (Å²) in [6.45, 7) is 1.37. The molecule has 0 aliphatic heterocycles. The summed E-state index contributed by atoms with van der Waals surface area (Å²) in [4.78, 5) is 11.0. The predicted molar refractivity (Wildman–Crippen MR) is 57.3 cm³/mol. The van der Waals surface area contributed by atoms with Crippen LogP contribution in [0.4, 0.5) is 0 Å². The van der Waals surface area contributed by atoms with Gasteiger partial charge in [-0.25, -0.2) is 0 Å². The zero-order chi connectivity index (χ0) is 11.3. The second kappa shape index (κ2) is 4.97. The quantitative estimate of drug-likeness (QED) is 0.556. The Morgan fingerprint density at radius 2 is 2.00 bits per heavy atom. The van der Waals surface area contributed by atoms with Gasteiger partial charge in [0.25, 0.3) is 0 Å². The van der Waals surface area contributed by atoms with Gasteiger partial charge in [0.1, 0.15) is 11.8 Å². The van der Waals surface area contributed by atoms with Gasteiger partial charge < -0.3 is 4.74 Å². The smallest absolute Gasteiger partial charge is 0.170 e. The highest BCUT2D eigenvalue weighted by molar-refractivity contribution is 6.01. The largest absolute Gasteiger partial charge is 0.497 e. The number of rotatable bonds is 3. The monoisotopic (exact) mass is 201 g/mol. The highest BCUT2D eigenvalue weighted by Gasteiger charge is 2.01. The summed E-state index contributed by atoms with van der Waals surface area (Å²) >= 11 is 0. The van der Waals surface area contributed by atoms with Crippen molar-refractivity contribution in [3.8, 4) is 11.8 Å². The van der Waals surface area contributed by atoms with Gasteiger partial charge in [0.05, 0.1) is 12.7 Å². The normalized spacial score (nSPS) is 10.6. The number of ether oxygens (including phenoxy) is 1. The third-order valence-electron chi connectivity index (χ3n) is 1.93. The van der Waals surface area contributed by atoms with Gasteiger partial charge in [-0.2, -0.15) is 5.26 Å². The average Bonchev–Trinajstić information content (AvgIpc) is 2.26. The first kappa shape index (κ1) is 11.0. The first-order chi connectivity index (χ1) is 7.17. The molecule has 1 rings (SSSR count). The van der Waals surface area contributed by atoms with Crippen LogP contribution in [0, 0.1) is 11.3 Å². The van der Waals surface area contributed by atoms with Gasteiger partial charge in [-0.1, -0.05) is 12.1 Å². The number of hydrogen-bond acceptors (Lipinski definition) is 3. The van der Waals surface area contributed by atoms with E-state index in [1.165, 1.54) is 6.92 Å². The number of nitrogens with zero attached hydrogens (tertiary/aromatic N) is 1. The van der Waals surface area contributed by atoms with Crippen molar-refractivity contribution in [2.24, 2.45) is 0 Å². The van der Waals surface area contributed by atoms with Crippen molar-refractivity contribution in [3.05, 3.63) is 35.4 Å². The number of benzene rings is 1. The van der Waals surface area contributed by atoms with Crippen molar-refractivity contribution in [1.29, 1.82) is 5.26 Å². The van der Waals surface area contributed by atoms with Crippen LogP contribution in [0.2, 0.25) is 0 Å². The molecule has 0 atom stereocenters. The maximum atomic E-state index is 11.0.